The van der Waals surface area contributed by atoms with Gasteiger partial charge in [-0.2, -0.15) is 0 Å². The van der Waals surface area contributed by atoms with Crippen molar-refractivity contribution in [1.82, 2.24) is 15.5 Å². The van der Waals surface area contributed by atoms with Crippen molar-refractivity contribution in [1.29, 1.82) is 0 Å². The van der Waals surface area contributed by atoms with Gasteiger partial charge < -0.3 is 25.8 Å². The number of carbonyl (C=O) groups is 5. The van der Waals surface area contributed by atoms with E-state index in [4.69, 9.17) is 15.2 Å². The molecule has 0 aromatic rings. The molecule has 11 nitrogen and oxygen atoms in total. The molecule has 6 bridgehead atoms. The molecule has 2 heterocycles. The highest BCUT2D eigenvalue weighted by atomic mass is 16.6. The van der Waals surface area contributed by atoms with Crippen molar-refractivity contribution in [2.75, 3.05) is 0 Å². The van der Waals surface area contributed by atoms with E-state index < -0.39 is 23.4 Å². The summed E-state index contributed by atoms with van der Waals surface area (Å²) in [5.74, 6) is 2.28. The highest BCUT2D eigenvalue weighted by molar-refractivity contribution is 6.00. The number of β-lactam (4-membered cyclic amide) rings is 2. The van der Waals surface area contributed by atoms with Gasteiger partial charge in [-0.3, -0.25) is 14.4 Å². The quantitative estimate of drug-likeness (QED) is 0.315. The van der Waals surface area contributed by atoms with Gasteiger partial charge in [0.15, 0.2) is 0 Å². The van der Waals surface area contributed by atoms with Gasteiger partial charge in [0.2, 0.25) is 17.7 Å². The van der Waals surface area contributed by atoms with Gasteiger partial charge >= 0.3 is 12.2 Å². The van der Waals surface area contributed by atoms with Crippen molar-refractivity contribution in [2.24, 2.45) is 59.0 Å². The first-order valence-corrected chi connectivity index (χ1v) is 16.2. The lowest BCUT2D eigenvalue weighted by Crippen LogP contribution is -2.65. The molecule has 8 rings (SSSR count). The third-order valence-corrected chi connectivity index (χ3v) is 10.4. The molecule has 45 heavy (non-hydrogen) atoms. The summed E-state index contributed by atoms with van der Waals surface area (Å²) in [6, 6.07) is 0.349. The van der Waals surface area contributed by atoms with E-state index in [1.54, 1.807) is 20.8 Å². The minimum Gasteiger partial charge on any atom is -0.444 e. The molecule has 8 aliphatic rings. The largest absolute Gasteiger partial charge is 0.444 e. The third-order valence-electron chi connectivity index (χ3n) is 10.4. The Labute approximate surface area is 264 Å². The second kappa shape index (κ2) is 11.0. The predicted octanol–water partition coefficient (Wildman–Crippen LogP) is 3.45. The Kier molecular flexibility index (Phi) is 7.68. The van der Waals surface area contributed by atoms with Crippen molar-refractivity contribution in [3.63, 3.8) is 0 Å². The van der Waals surface area contributed by atoms with Crippen molar-refractivity contribution in [3.8, 4) is 0 Å². The van der Waals surface area contributed by atoms with Gasteiger partial charge in [-0.1, -0.05) is 36.5 Å². The lowest BCUT2D eigenvalue weighted by Gasteiger charge is -2.46. The molecule has 5 amide bonds. The van der Waals surface area contributed by atoms with Crippen LogP contribution in [0.5, 0.6) is 0 Å². The number of imide groups is 1. The Bertz CT molecular complexity index is 1370. The van der Waals surface area contributed by atoms with Gasteiger partial charge in [0, 0.05) is 6.04 Å². The Morgan fingerprint density at radius 2 is 1.31 bits per heavy atom. The fourth-order valence-corrected chi connectivity index (χ4v) is 8.62. The Hall–Kier alpha value is -3.63. The van der Waals surface area contributed by atoms with Gasteiger partial charge in [-0.25, -0.2) is 14.5 Å². The number of hydrogen-bond acceptors (Lipinski definition) is 7. The van der Waals surface area contributed by atoms with Crippen LogP contribution >= 0.6 is 0 Å². The van der Waals surface area contributed by atoms with Crippen molar-refractivity contribution >= 4 is 29.9 Å². The van der Waals surface area contributed by atoms with Crippen LogP contribution in [0.25, 0.3) is 0 Å². The van der Waals surface area contributed by atoms with Crippen LogP contribution < -0.4 is 16.4 Å². The zero-order valence-electron chi connectivity index (χ0n) is 26.9. The van der Waals surface area contributed by atoms with E-state index in [1.165, 1.54) is 11.3 Å². The number of amides is 5. The van der Waals surface area contributed by atoms with Crippen LogP contribution in [0, 0.1) is 53.3 Å². The van der Waals surface area contributed by atoms with Crippen LogP contribution in [0.3, 0.4) is 0 Å². The van der Waals surface area contributed by atoms with E-state index in [-0.39, 0.29) is 53.5 Å². The van der Waals surface area contributed by atoms with E-state index in [9.17, 15) is 24.0 Å². The maximum Gasteiger partial charge on any atom is 0.417 e. The summed E-state index contributed by atoms with van der Waals surface area (Å²) in [5.41, 5.74) is 4.33. The number of allylic oxidation sites excluding steroid dienone is 3. The van der Waals surface area contributed by atoms with Crippen molar-refractivity contribution in [2.45, 2.75) is 90.1 Å². The third kappa shape index (κ3) is 5.78. The number of hydrogen-bond donors (Lipinski definition) is 3. The van der Waals surface area contributed by atoms with E-state index in [1.807, 2.05) is 32.9 Å². The number of carbonyl (C=O) groups excluding carboxylic acids is 5. The Balaban J connectivity index is 0.000000123. The molecule has 1 unspecified atom stereocenters. The van der Waals surface area contributed by atoms with E-state index >= 15 is 0 Å². The molecule has 12 atom stereocenters. The zero-order valence-corrected chi connectivity index (χ0v) is 26.9. The molecule has 0 aromatic carbocycles. The van der Waals surface area contributed by atoms with Gasteiger partial charge in [0.25, 0.3) is 0 Å². The maximum absolute atomic E-state index is 12.0. The number of nitrogens with one attached hydrogen (secondary N) is 2. The first-order valence-electron chi connectivity index (χ1n) is 16.2. The molecule has 2 saturated heterocycles. The molecule has 3 saturated carbocycles. The second-order valence-corrected chi connectivity index (χ2v) is 15.7. The van der Waals surface area contributed by atoms with Gasteiger partial charge in [0.1, 0.15) is 11.2 Å². The smallest absolute Gasteiger partial charge is 0.417 e. The SMILES string of the molecule is CC(C)(C)OC(=O)N1C(=O)[C@@H]2C1[C@H]1C=C[C@@H]2C1.CC(C)(C)OC(=O)N[C@H]1[C@@H](C(N)=O)[C@@H]2C=C[C@H]1C2.O=C1N[C@H]2[C@@H]1[C@@H]1C=C[C@H]2C1. The topological polar surface area (TPSA) is 157 Å². The first-order chi connectivity index (χ1) is 21.0. The molecule has 5 fully saturated rings. The van der Waals surface area contributed by atoms with Crippen LogP contribution in [0.15, 0.2) is 36.5 Å². The number of fused-ring (bicyclic) bond motifs is 12. The molecule has 0 spiro atoms. The van der Waals surface area contributed by atoms with Crippen LogP contribution in [0.2, 0.25) is 0 Å². The molecule has 6 aliphatic carbocycles. The summed E-state index contributed by atoms with van der Waals surface area (Å²) in [6.45, 7) is 10.9. The van der Waals surface area contributed by atoms with Gasteiger partial charge in [0.05, 0.1) is 29.8 Å². The number of nitrogens with two attached hydrogens (primary N) is 1. The second-order valence-electron chi connectivity index (χ2n) is 15.7. The summed E-state index contributed by atoms with van der Waals surface area (Å²) in [5, 5.41) is 5.73. The fourth-order valence-electron chi connectivity index (χ4n) is 8.62. The standard InChI is InChI=1S/C13H20N2O3.C13H17NO3.C8H9NO/c1-13(2,3)18-12(17)15-10-8-5-4-7(6-8)9(10)11(14)16;1-13(2,3)17-12(16)14-10-8-5-4-7(6-8)9(10)11(14)15;10-8-6-4-1-2-5(3-4)7(6)9-8/h4-5,7-10H,6H2,1-3H3,(H2,14,16)(H,15,17);4-5,7-10H,6H2,1-3H3;1-2,4-7H,3H2,(H,9,10)/t7-,8+,9+,10-;7-,8+,9+,10?;4-,5+,6+,7-/m111/s1. The maximum atomic E-state index is 12.0. The predicted molar refractivity (Wildman–Crippen MR) is 164 cm³/mol. The molecule has 0 radical (unpaired) electrons. The normalized spacial score (nSPS) is 39.8. The summed E-state index contributed by atoms with van der Waals surface area (Å²) in [6.07, 6.45) is 14.9. The van der Waals surface area contributed by atoms with E-state index in [2.05, 4.69) is 34.9 Å². The highest BCUT2D eigenvalue weighted by Gasteiger charge is 2.63. The van der Waals surface area contributed by atoms with Crippen LogP contribution in [-0.4, -0.2) is 64.1 Å². The van der Waals surface area contributed by atoms with Crippen molar-refractivity contribution < 1.29 is 33.4 Å². The summed E-state index contributed by atoms with van der Waals surface area (Å²) < 4.78 is 10.5. The summed E-state index contributed by atoms with van der Waals surface area (Å²) in [7, 11) is 0. The first kappa shape index (κ1) is 31.4. The van der Waals surface area contributed by atoms with E-state index in [0.29, 0.717) is 35.6 Å². The molecular weight excluding hydrogens is 576 g/mol. The fraction of sp³-hybridized carbons (Fsp3) is 0.676. The monoisotopic (exact) mass is 622 g/mol. The minimum absolute atomic E-state index is 0.0394. The number of primary amides is 1. The molecular formula is C34H46N4O7. The number of likely N-dealkylation sites (tertiary alicyclic amines) is 1. The lowest BCUT2D eigenvalue weighted by atomic mass is 9.80. The molecule has 244 valence electrons. The van der Waals surface area contributed by atoms with Crippen LogP contribution in [0.1, 0.15) is 60.8 Å². The average Bonchev–Trinajstić information content (AvgIpc) is 3.73. The van der Waals surface area contributed by atoms with Crippen molar-refractivity contribution in [3.05, 3.63) is 36.5 Å². The molecule has 4 N–H and O–H groups in total. The van der Waals surface area contributed by atoms with E-state index in [0.717, 1.165) is 12.8 Å². The lowest BCUT2D eigenvalue weighted by molar-refractivity contribution is -0.154. The molecule has 0 aromatic heterocycles. The number of ether oxygens (including phenoxy) is 2. The Morgan fingerprint density at radius 3 is 1.89 bits per heavy atom. The summed E-state index contributed by atoms with van der Waals surface area (Å²) in [4.78, 5) is 59.4. The molecule has 11 heteroatoms. The van der Waals surface area contributed by atoms with Crippen LogP contribution in [0.4, 0.5) is 9.59 Å². The number of rotatable bonds is 2. The minimum atomic E-state index is -0.546. The van der Waals surface area contributed by atoms with Crippen LogP contribution in [-0.2, 0) is 23.9 Å². The Morgan fingerprint density at radius 1 is 0.778 bits per heavy atom. The highest BCUT2D eigenvalue weighted by Crippen LogP contribution is 2.53. The van der Waals surface area contributed by atoms with Gasteiger partial charge in [-0.05, 0) is 96.3 Å². The zero-order chi connectivity index (χ0) is 32.6. The average molecular weight is 623 g/mol. The summed E-state index contributed by atoms with van der Waals surface area (Å²) >= 11 is 0. The number of nitrogens with zero attached hydrogens (tertiary/aromatic N) is 1. The molecule has 2 aliphatic heterocycles. The number of alkyl carbamates (subject to hydrolysis) is 1. The van der Waals surface area contributed by atoms with Gasteiger partial charge in [-0.15, -0.1) is 0 Å².